The van der Waals surface area contributed by atoms with Gasteiger partial charge in [-0.05, 0) is 84.6 Å². The third-order valence-corrected chi connectivity index (χ3v) is 6.68. The second-order valence-electron chi connectivity index (χ2n) is 10.6. The van der Waals surface area contributed by atoms with Crippen LogP contribution < -0.4 is 4.74 Å². The number of hydrogen-bond acceptors (Lipinski definition) is 6. The number of unbranched alkanes of at least 4 members (excludes halogenated alkanes) is 2. The average Bonchev–Trinajstić information content (AvgIpc) is 2.64. The second-order valence-corrected chi connectivity index (χ2v) is 12.1. The smallest absolute Gasteiger partial charge is 0.478 e. The van der Waals surface area contributed by atoms with Crippen molar-refractivity contribution in [3.63, 3.8) is 0 Å². The number of aromatic hydroxyl groups is 1. The van der Waals surface area contributed by atoms with Crippen LogP contribution in [0.4, 0.5) is 0 Å². The van der Waals surface area contributed by atoms with Gasteiger partial charge in [0.1, 0.15) is 11.5 Å². The predicted molar refractivity (Wildman–Crippen MR) is 137 cm³/mol. The summed E-state index contributed by atoms with van der Waals surface area (Å²) >= 11 is 0. The van der Waals surface area contributed by atoms with Crippen LogP contribution in [0, 0.1) is 6.92 Å². The van der Waals surface area contributed by atoms with Crippen molar-refractivity contribution in [3.8, 4) is 22.6 Å². The van der Waals surface area contributed by atoms with Crippen molar-refractivity contribution < 1.29 is 28.0 Å². The van der Waals surface area contributed by atoms with E-state index in [2.05, 4.69) is 6.92 Å². The van der Waals surface area contributed by atoms with Crippen molar-refractivity contribution in [2.24, 2.45) is 0 Å². The van der Waals surface area contributed by atoms with Crippen molar-refractivity contribution >= 4 is 7.82 Å². The Hall–Kier alpha value is -1.85. The molecule has 0 spiro atoms. The van der Waals surface area contributed by atoms with Gasteiger partial charge in [0.25, 0.3) is 0 Å². The van der Waals surface area contributed by atoms with Gasteiger partial charge >= 0.3 is 7.82 Å². The van der Waals surface area contributed by atoms with Gasteiger partial charge < -0.3 is 9.84 Å². The number of phenols is 1. The third kappa shape index (κ3) is 9.42. The summed E-state index contributed by atoms with van der Waals surface area (Å²) in [6.45, 7) is 14.5. The minimum Gasteiger partial charge on any atom is -0.507 e. The first kappa shape index (κ1) is 28.4. The van der Waals surface area contributed by atoms with Gasteiger partial charge in [-0.25, -0.2) is 9.09 Å². The quantitative estimate of drug-likeness (QED) is 0.194. The summed E-state index contributed by atoms with van der Waals surface area (Å²) in [4.78, 5) is 0. The monoisotopic (exact) mass is 492 g/mol. The molecule has 2 rings (SSSR count). The van der Waals surface area contributed by atoms with E-state index in [1.165, 1.54) is 0 Å². The Morgan fingerprint density at radius 3 is 2.15 bits per heavy atom. The van der Waals surface area contributed by atoms with E-state index in [4.69, 9.17) is 18.3 Å². The molecule has 7 heteroatoms. The number of hydrogen-bond donors (Lipinski definition) is 1. The van der Waals surface area contributed by atoms with Crippen LogP contribution in [-0.4, -0.2) is 23.1 Å². The zero-order valence-corrected chi connectivity index (χ0v) is 22.8. The van der Waals surface area contributed by atoms with Crippen molar-refractivity contribution in [1.82, 2.24) is 0 Å². The predicted octanol–water partition coefficient (Wildman–Crippen LogP) is 8.19. The molecule has 190 valence electrons. The molecule has 0 aliphatic heterocycles. The van der Waals surface area contributed by atoms with E-state index >= 15 is 0 Å². The second kappa shape index (κ2) is 11.7. The molecule has 0 fully saturated rings. The van der Waals surface area contributed by atoms with E-state index in [9.17, 15) is 9.67 Å². The lowest BCUT2D eigenvalue weighted by molar-refractivity contribution is -0.0188. The molecule has 0 atom stereocenters. The number of ether oxygens (including phenoxy) is 1. The van der Waals surface area contributed by atoms with Gasteiger partial charge in [0.15, 0.2) is 6.79 Å². The molecule has 2 aromatic rings. The molecule has 2 aromatic carbocycles. The number of phosphoric acid groups is 1. The van der Waals surface area contributed by atoms with Crippen LogP contribution in [0.2, 0.25) is 0 Å². The van der Waals surface area contributed by atoms with Crippen LogP contribution in [0.25, 0.3) is 11.1 Å². The molecule has 0 saturated heterocycles. The lowest BCUT2D eigenvalue weighted by atomic mass is 9.98. The van der Waals surface area contributed by atoms with Crippen LogP contribution in [0.1, 0.15) is 78.9 Å². The highest BCUT2D eigenvalue weighted by Gasteiger charge is 2.37. The molecular weight excluding hydrogens is 451 g/mol. The van der Waals surface area contributed by atoms with E-state index < -0.39 is 19.0 Å². The highest BCUT2D eigenvalue weighted by molar-refractivity contribution is 7.48. The van der Waals surface area contributed by atoms with Crippen molar-refractivity contribution in [2.45, 2.75) is 92.3 Å². The average molecular weight is 493 g/mol. The summed E-state index contributed by atoms with van der Waals surface area (Å²) in [6, 6.07) is 11.5. The maximum atomic E-state index is 13.3. The highest BCUT2D eigenvalue weighted by atomic mass is 31.2. The van der Waals surface area contributed by atoms with E-state index in [1.807, 2.05) is 37.3 Å². The molecule has 1 N–H and O–H groups in total. The molecule has 0 aliphatic carbocycles. The summed E-state index contributed by atoms with van der Waals surface area (Å²) in [5.74, 6) is 0.588. The van der Waals surface area contributed by atoms with E-state index in [0.717, 1.165) is 42.4 Å². The number of rotatable bonds is 11. The molecule has 0 aromatic heterocycles. The first-order valence-corrected chi connectivity index (χ1v) is 13.4. The molecule has 0 heterocycles. The summed E-state index contributed by atoms with van der Waals surface area (Å²) in [5, 5.41) is 10.9. The standard InChI is InChI=1S/C27H41O6P/c1-9-10-11-14-21-17-23(28)25(22-15-12-13-20(2)16-22)24(18-21)30-19-31-34(29,32-26(3,4)5)33-27(6,7)8/h12-13,15-18,28H,9-11,14,19H2,1-8H3. The molecule has 0 amide bonds. The van der Waals surface area contributed by atoms with Crippen LogP contribution in [0.15, 0.2) is 36.4 Å². The van der Waals surface area contributed by atoms with Crippen LogP contribution in [0.5, 0.6) is 11.5 Å². The molecule has 0 aliphatic rings. The fraction of sp³-hybridized carbons (Fsp3) is 0.556. The van der Waals surface area contributed by atoms with Gasteiger partial charge in [-0.3, -0.25) is 9.05 Å². The van der Waals surface area contributed by atoms with Gasteiger partial charge in [-0.15, -0.1) is 0 Å². The number of aryl methyl sites for hydroxylation is 2. The number of phosphoric ester groups is 1. The molecule has 6 nitrogen and oxygen atoms in total. The van der Waals surface area contributed by atoms with Crippen molar-refractivity contribution in [1.29, 1.82) is 0 Å². The zero-order valence-electron chi connectivity index (χ0n) is 21.9. The third-order valence-electron chi connectivity index (χ3n) is 4.71. The maximum Gasteiger partial charge on any atom is 0.478 e. The molecule has 0 unspecified atom stereocenters. The Morgan fingerprint density at radius 1 is 0.941 bits per heavy atom. The first-order valence-electron chi connectivity index (χ1n) is 11.9. The Labute approximate surface area is 205 Å². The SMILES string of the molecule is CCCCCc1cc(O)c(-c2cccc(C)c2)c(OCOP(=O)(OC(C)(C)C)OC(C)(C)C)c1. The Balaban J connectivity index is 2.34. The van der Waals surface area contributed by atoms with Gasteiger partial charge in [-0.1, -0.05) is 49.6 Å². The van der Waals surface area contributed by atoms with Crippen LogP contribution in [0.3, 0.4) is 0 Å². The lowest BCUT2D eigenvalue weighted by Gasteiger charge is -2.30. The topological polar surface area (TPSA) is 74.2 Å². The Morgan fingerprint density at radius 2 is 1.59 bits per heavy atom. The largest absolute Gasteiger partial charge is 0.507 e. The number of benzene rings is 2. The number of phenolic OH excluding ortho intramolecular Hbond substituents is 1. The molecule has 0 radical (unpaired) electrons. The molecule has 0 bridgehead atoms. The van der Waals surface area contributed by atoms with E-state index in [1.54, 1.807) is 47.6 Å². The zero-order chi connectivity index (χ0) is 25.6. The van der Waals surface area contributed by atoms with Crippen molar-refractivity contribution in [2.75, 3.05) is 6.79 Å². The van der Waals surface area contributed by atoms with Crippen LogP contribution in [-0.2, 0) is 24.6 Å². The normalized spacial score (nSPS) is 12.7. The summed E-state index contributed by atoms with van der Waals surface area (Å²) in [6.07, 6.45) is 4.06. The van der Waals surface area contributed by atoms with Gasteiger partial charge in [0.2, 0.25) is 0 Å². The minimum absolute atomic E-state index is 0.134. The molecular formula is C27H41O6P. The van der Waals surface area contributed by atoms with Gasteiger partial charge in [-0.2, -0.15) is 0 Å². The first-order chi connectivity index (χ1) is 15.7. The van der Waals surface area contributed by atoms with Gasteiger partial charge in [0, 0.05) is 0 Å². The van der Waals surface area contributed by atoms with E-state index in [-0.39, 0.29) is 12.5 Å². The fourth-order valence-corrected chi connectivity index (χ4v) is 5.15. The summed E-state index contributed by atoms with van der Waals surface area (Å²) < 4.78 is 36.2. The minimum atomic E-state index is -3.93. The maximum absolute atomic E-state index is 13.3. The van der Waals surface area contributed by atoms with Crippen molar-refractivity contribution in [3.05, 3.63) is 47.5 Å². The molecule has 0 saturated carbocycles. The Bertz CT molecular complexity index is 968. The Kier molecular flexibility index (Phi) is 9.79. The van der Waals surface area contributed by atoms with Crippen LogP contribution >= 0.6 is 7.82 Å². The fourth-order valence-electron chi connectivity index (χ4n) is 3.48. The van der Waals surface area contributed by atoms with E-state index in [0.29, 0.717) is 11.3 Å². The van der Waals surface area contributed by atoms with Gasteiger partial charge in [0.05, 0.1) is 16.8 Å². The lowest BCUT2D eigenvalue weighted by Crippen LogP contribution is -2.25. The summed E-state index contributed by atoms with van der Waals surface area (Å²) in [5.41, 5.74) is 1.93. The molecule has 34 heavy (non-hydrogen) atoms. The summed E-state index contributed by atoms with van der Waals surface area (Å²) in [7, 11) is -3.93. The highest BCUT2D eigenvalue weighted by Crippen LogP contribution is 2.55.